The van der Waals surface area contributed by atoms with Crippen molar-refractivity contribution < 1.29 is 9.59 Å². The summed E-state index contributed by atoms with van der Waals surface area (Å²) in [7, 11) is 0. The van der Waals surface area contributed by atoms with Crippen molar-refractivity contribution in [3.8, 4) is 0 Å². The average molecular weight is 454 g/mol. The minimum absolute atomic E-state index is 0.104. The Kier molecular flexibility index (Phi) is 5.75. The van der Waals surface area contributed by atoms with Gasteiger partial charge in [0.1, 0.15) is 0 Å². The maximum Gasteiger partial charge on any atom is 0.252 e. The van der Waals surface area contributed by atoms with Gasteiger partial charge in [-0.05, 0) is 65.3 Å². The number of allylic oxidation sites excluding steroid dienone is 1. The smallest absolute Gasteiger partial charge is 0.252 e. The Morgan fingerprint density at radius 2 is 1.94 bits per heavy atom. The largest absolute Gasteiger partial charge is 0.348 e. The summed E-state index contributed by atoms with van der Waals surface area (Å²) in [5.41, 5.74) is 6.29. The third kappa shape index (κ3) is 4.43. The summed E-state index contributed by atoms with van der Waals surface area (Å²) in [6.45, 7) is 1.85. The summed E-state index contributed by atoms with van der Waals surface area (Å²) in [5.74, 6) is -0.228. The molecule has 1 aliphatic carbocycles. The molecule has 2 aromatic carbocycles. The van der Waals surface area contributed by atoms with Gasteiger partial charge in [-0.25, -0.2) is 4.98 Å². The second-order valence-corrected chi connectivity index (χ2v) is 9.06. The molecule has 0 spiro atoms. The minimum Gasteiger partial charge on any atom is -0.348 e. The first-order valence-corrected chi connectivity index (χ1v) is 11.8. The molecule has 5 nitrogen and oxygen atoms in total. The van der Waals surface area contributed by atoms with Crippen LogP contribution >= 0.6 is 11.3 Å². The van der Waals surface area contributed by atoms with Gasteiger partial charge in [-0.3, -0.25) is 9.59 Å². The van der Waals surface area contributed by atoms with E-state index in [1.807, 2.05) is 54.6 Å². The Hall–Kier alpha value is -3.77. The van der Waals surface area contributed by atoms with Crippen LogP contribution < -0.4 is 10.6 Å². The van der Waals surface area contributed by atoms with Crippen LogP contribution in [0, 0.1) is 0 Å². The van der Waals surface area contributed by atoms with E-state index in [2.05, 4.69) is 28.2 Å². The summed E-state index contributed by atoms with van der Waals surface area (Å²) < 4.78 is 0. The van der Waals surface area contributed by atoms with Crippen LogP contribution in [0.4, 0.5) is 5.69 Å². The molecule has 2 aromatic heterocycles. The molecule has 0 saturated heterocycles. The maximum absolute atomic E-state index is 13.5. The van der Waals surface area contributed by atoms with E-state index >= 15 is 0 Å². The second-order valence-electron chi connectivity index (χ2n) is 8.08. The monoisotopic (exact) mass is 453 g/mol. The molecular weight excluding hydrogens is 430 g/mol. The van der Waals surface area contributed by atoms with Crippen molar-refractivity contribution in [3.05, 3.63) is 93.3 Å². The second kappa shape index (κ2) is 9.00. The number of aromatic nitrogens is 1. The quantitative estimate of drug-likeness (QED) is 0.409. The Labute approximate surface area is 196 Å². The highest BCUT2D eigenvalue weighted by Gasteiger charge is 2.26. The number of rotatable bonds is 5. The minimum atomic E-state index is -0.124. The molecule has 0 saturated carbocycles. The van der Waals surface area contributed by atoms with E-state index < -0.39 is 0 Å². The normalized spacial score (nSPS) is 13.8. The number of nitrogens with one attached hydrogen (secondary N) is 2. The van der Waals surface area contributed by atoms with Gasteiger partial charge in [0, 0.05) is 29.4 Å². The van der Waals surface area contributed by atoms with Crippen molar-refractivity contribution in [1.82, 2.24) is 10.3 Å². The molecule has 4 aromatic rings. The zero-order valence-corrected chi connectivity index (χ0v) is 19.0. The van der Waals surface area contributed by atoms with Gasteiger partial charge in [-0.1, -0.05) is 36.4 Å². The SMILES string of the molecule is CC(=O)Nc1cccc(CNC(=O)c2c3c(nc4ccccc24)/C(=C/c2cccs2)CC3)c1. The first-order valence-electron chi connectivity index (χ1n) is 10.9. The number of hydrogen-bond donors (Lipinski definition) is 2. The molecule has 164 valence electrons. The van der Waals surface area contributed by atoms with Crippen molar-refractivity contribution >= 4 is 51.4 Å². The lowest BCUT2D eigenvalue weighted by atomic mass is 10.00. The van der Waals surface area contributed by atoms with Crippen LogP contribution in [0.1, 0.15) is 45.4 Å². The molecule has 5 rings (SSSR count). The molecule has 0 unspecified atom stereocenters. The van der Waals surface area contributed by atoms with Crippen LogP contribution in [0.3, 0.4) is 0 Å². The molecule has 2 N–H and O–H groups in total. The van der Waals surface area contributed by atoms with E-state index in [0.29, 0.717) is 17.8 Å². The number of pyridine rings is 1. The summed E-state index contributed by atoms with van der Waals surface area (Å²) in [6, 6.07) is 19.5. The molecule has 2 amide bonds. The van der Waals surface area contributed by atoms with Gasteiger partial charge in [0.15, 0.2) is 0 Å². The third-order valence-corrected chi connectivity index (χ3v) is 6.55. The lowest BCUT2D eigenvalue weighted by molar-refractivity contribution is -0.114. The first-order chi connectivity index (χ1) is 16.1. The number of anilines is 1. The van der Waals surface area contributed by atoms with E-state index in [4.69, 9.17) is 4.98 Å². The Morgan fingerprint density at radius 3 is 2.76 bits per heavy atom. The summed E-state index contributed by atoms with van der Waals surface area (Å²) in [6.07, 6.45) is 3.86. The molecule has 0 fully saturated rings. The maximum atomic E-state index is 13.5. The standard InChI is InChI=1S/C27H23N3O2S/c1-17(31)29-20-7-4-6-18(14-20)16-28-27(32)25-22-9-2-3-10-24(22)30-26-19(11-12-23(25)26)15-21-8-5-13-33-21/h2-10,13-15H,11-12,16H2,1H3,(H,28,32)(H,29,31)/b19-15+. The lowest BCUT2D eigenvalue weighted by Crippen LogP contribution is -2.24. The van der Waals surface area contributed by atoms with Crippen LogP contribution in [0.2, 0.25) is 0 Å². The Balaban J connectivity index is 1.48. The van der Waals surface area contributed by atoms with E-state index in [1.54, 1.807) is 11.3 Å². The highest BCUT2D eigenvalue weighted by Crippen LogP contribution is 2.37. The van der Waals surface area contributed by atoms with Crippen molar-refractivity contribution in [1.29, 1.82) is 0 Å². The topological polar surface area (TPSA) is 71.1 Å². The van der Waals surface area contributed by atoms with Gasteiger partial charge in [0.05, 0.1) is 16.8 Å². The van der Waals surface area contributed by atoms with E-state index in [1.165, 1.54) is 17.4 Å². The Bertz CT molecular complexity index is 1390. The number of amides is 2. The molecule has 0 radical (unpaired) electrons. The summed E-state index contributed by atoms with van der Waals surface area (Å²) in [5, 5.41) is 8.80. The average Bonchev–Trinajstić information content (AvgIpc) is 3.46. The summed E-state index contributed by atoms with van der Waals surface area (Å²) in [4.78, 5) is 30.9. The zero-order valence-electron chi connectivity index (χ0n) is 18.2. The number of hydrogen-bond acceptors (Lipinski definition) is 4. The lowest BCUT2D eigenvalue weighted by Gasteiger charge is -2.13. The molecular formula is C27H23N3O2S. The highest BCUT2D eigenvalue weighted by molar-refractivity contribution is 7.10. The van der Waals surface area contributed by atoms with E-state index in [-0.39, 0.29) is 11.8 Å². The van der Waals surface area contributed by atoms with E-state index in [0.717, 1.165) is 40.6 Å². The fourth-order valence-electron chi connectivity index (χ4n) is 4.32. The number of carbonyl (C=O) groups excluding carboxylic acids is 2. The van der Waals surface area contributed by atoms with Crippen LogP contribution in [0.15, 0.2) is 66.0 Å². The number of fused-ring (bicyclic) bond motifs is 2. The van der Waals surface area contributed by atoms with Gasteiger partial charge in [0.2, 0.25) is 5.91 Å². The number of benzene rings is 2. The van der Waals surface area contributed by atoms with Gasteiger partial charge < -0.3 is 10.6 Å². The van der Waals surface area contributed by atoms with Crippen molar-refractivity contribution in [2.75, 3.05) is 5.32 Å². The predicted molar refractivity (Wildman–Crippen MR) is 134 cm³/mol. The molecule has 0 bridgehead atoms. The van der Waals surface area contributed by atoms with Crippen LogP contribution in [0.25, 0.3) is 22.6 Å². The number of para-hydroxylation sites is 1. The van der Waals surface area contributed by atoms with Gasteiger partial charge >= 0.3 is 0 Å². The number of nitrogens with zero attached hydrogens (tertiary/aromatic N) is 1. The van der Waals surface area contributed by atoms with Crippen molar-refractivity contribution in [2.45, 2.75) is 26.3 Å². The third-order valence-electron chi connectivity index (χ3n) is 5.73. The fourth-order valence-corrected chi connectivity index (χ4v) is 5.00. The zero-order chi connectivity index (χ0) is 22.8. The van der Waals surface area contributed by atoms with Gasteiger partial charge in [0.25, 0.3) is 5.91 Å². The molecule has 1 aliphatic rings. The molecule has 6 heteroatoms. The number of carbonyl (C=O) groups is 2. The first kappa shape index (κ1) is 21.1. The Morgan fingerprint density at radius 1 is 1.06 bits per heavy atom. The molecule has 2 heterocycles. The predicted octanol–water partition coefficient (Wildman–Crippen LogP) is 5.67. The molecule has 0 aliphatic heterocycles. The summed E-state index contributed by atoms with van der Waals surface area (Å²) >= 11 is 1.70. The highest BCUT2D eigenvalue weighted by atomic mass is 32.1. The van der Waals surface area contributed by atoms with Crippen LogP contribution in [-0.4, -0.2) is 16.8 Å². The molecule has 0 atom stereocenters. The van der Waals surface area contributed by atoms with Crippen molar-refractivity contribution in [2.24, 2.45) is 0 Å². The van der Waals surface area contributed by atoms with Gasteiger partial charge in [-0.2, -0.15) is 0 Å². The molecule has 33 heavy (non-hydrogen) atoms. The fraction of sp³-hybridized carbons (Fsp3) is 0.148. The van der Waals surface area contributed by atoms with Crippen molar-refractivity contribution in [3.63, 3.8) is 0 Å². The van der Waals surface area contributed by atoms with E-state index in [9.17, 15) is 9.59 Å². The van der Waals surface area contributed by atoms with Crippen LogP contribution in [-0.2, 0) is 17.8 Å². The van der Waals surface area contributed by atoms with Gasteiger partial charge in [-0.15, -0.1) is 11.3 Å². The number of thiophene rings is 1. The van der Waals surface area contributed by atoms with Crippen LogP contribution in [0.5, 0.6) is 0 Å².